The standard InChI is InChI=1S/C20H25N3O5S2/c1-4-29(24,25)22-17-10-6-15(7-11-17)19-14-20(23(21-19)30(26,27)5-2)16-8-12-18(28-3)13-9-16/h6-13,20,22H,4-5,14H2,1-3H3/t20-/m0/s1. The Kier molecular flexibility index (Phi) is 6.37. The normalized spacial score (nSPS) is 17.0. The summed E-state index contributed by atoms with van der Waals surface area (Å²) >= 11 is 0. The number of ether oxygens (including phenoxy) is 1. The van der Waals surface area contributed by atoms with Gasteiger partial charge in [0, 0.05) is 12.1 Å². The minimum Gasteiger partial charge on any atom is -0.497 e. The van der Waals surface area contributed by atoms with E-state index in [9.17, 15) is 16.8 Å². The first-order chi connectivity index (χ1) is 14.2. The van der Waals surface area contributed by atoms with Gasteiger partial charge in [-0.2, -0.15) is 9.52 Å². The van der Waals surface area contributed by atoms with Gasteiger partial charge in [0.15, 0.2) is 0 Å². The highest BCUT2D eigenvalue weighted by Gasteiger charge is 2.35. The van der Waals surface area contributed by atoms with Crippen LogP contribution in [-0.2, 0) is 20.0 Å². The number of hydrazone groups is 1. The average Bonchev–Trinajstić information content (AvgIpc) is 3.20. The van der Waals surface area contributed by atoms with Gasteiger partial charge in [-0.25, -0.2) is 16.8 Å². The van der Waals surface area contributed by atoms with Crippen LogP contribution in [0, 0.1) is 0 Å². The molecule has 0 fully saturated rings. The number of sulfonamides is 2. The van der Waals surface area contributed by atoms with E-state index in [4.69, 9.17) is 4.74 Å². The summed E-state index contributed by atoms with van der Waals surface area (Å²) in [4.78, 5) is 0. The van der Waals surface area contributed by atoms with E-state index in [0.717, 1.165) is 11.1 Å². The van der Waals surface area contributed by atoms with Gasteiger partial charge < -0.3 is 4.74 Å². The molecule has 1 heterocycles. The van der Waals surface area contributed by atoms with Gasteiger partial charge in [-0.1, -0.05) is 24.3 Å². The molecule has 1 N–H and O–H groups in total. The van der Waals surface area contributed by atoms with Crippen LogP contribution in [0.5, 0.6) is 5.75 Å². The van der Waals surface area contributed by atoms with Crippen LogP contribution < -0.4 is 9.46 Å². The van der Waals surface area contributed by atoms with Crippen molar-refractivity contribution in [3.63, 3.8) is 0 Å². The highest BCUT2D eigenvalue weighted by molar-refractivity contribution is 7.92. The van der Waals surface area contributed by atoms with E-state index in [1.807, 2.05) is 12.1 Å². The van der Waals surface area contributed by atoms with Crippen molar-refractivity contribution < 1.29 is 21.6 Å². The Bertz CT molecular complexity index is 1130. The third-order valence-electron chi connectivity index (χ3n) is 4.89. The Hall–Kier alpha value is -2.59. The number of nitrogens with one attached hydrogen (secondary N) is 1. The fraction of sp³-hybridized carbons (Fsp3) is 0.350. The van der Waals surface area contributed by atoms with Crippen molar-refractivity contribution in [2.45, 2.75) is 26.3 Å². The molecule has 2 aromatic rings. The molecule has 8 nitrogen and oxygen atoms in total. The van der Waals surface area contributed by atoms with Gasteiger partial charge in [0.05, 0.1) is 30.4 Å². The molecule has 0 spiro atoms. The van der Waals surface area contributed by atoms with E-state index in [2.05, 4.69) is 9.82 Å². The van der Waals surface area contributed by atoms with Crippen molar-refractivity contribution in [1.82, 2.24) is 4.41 Å². The van der Waals surface area contributed by atoms with Gasteiger partial charge in [-0.05, 0) is 49.2 Å². The topological polar surface area (TPSA) is 105 Å². The number of methoxy groups -OCH3 is 1. The summed E-state index contributed by atoms with van der Waals surface area (Å²) < 4.78 is 57.6. The second-order valence-corrected chi connectivity index (χ2v) is 10.9. The van der Waals surface area contributed by atoms with Crippen LogP contribution in [0.4, 0.5) is 5.69 Å². The van der Waals surface area contributed by atoms with Gasteiger partial charge in [0.25, 0.3) is 0 Å². The average molecular weight is 452 g/mol. The minimum absolute atomic E-state index is 0.0190. The maximum Gasteiger partial charge on any atom is 0.250 e. The SMILES string of the molecule is CCS(=O)(=O)Nc1ccc(C2=NN(S(=O)(=O)CC)[C@H](c3ccc(OC)cc3)C2)cc1. The molecule has 1 aliphatic heterocycles. The van der Waals surface area contributed by atoms with Crippen LogP contribution in [-0.4, -0.2) is 45.6 Å². The van der Waals surface area contributed by atoms with Gasteiger partial charge in [-0.15, -0.1) is 0 Å². The molecule has 3 rings (SSSR count). The highest BCUT2D eigenvalue weighted by Crippen LogP contribution is 2.35. The van der Waals surface area contributed by atoms with Crippen LogP contribution in [0.2, 0.25) is 0 Å². The number of anilines is 1. The molecule has 162 valence electrons. The molecule has 0 amide bonds. The smallest absolute Gasteiger partial charge is 0.250 e. The summed E-state index contributed by atoms with van der Waals surface area (Å²) in [5.41, 5.74) is 2.63. The number of nitrogens with zero attached hydrogens (tertiary/aromatic N) is 2. The third-order valence-corrected chi connectivity index (χ3v) is 7.84. The molecule has 0 saturated heterocycles. The predicted octanol–water partition coefficient (Wildman–Crippen LogP) is 2.96. The van der Waals surface area contributed by atoms with Crippen LogP contribution in [0.15, 0.2) is 53.6 Å². The summed E-state index contributed by atoms with van der Waals surface area (Å²) in [5.74, 6) is 0.608. The summed E-state index contributed by atoms with van der Waals surface area (Å²) in [5, 5.41) is 4.41. The molecular formula is C20H25N3O5S2. The lowest BCUT2D eigenvalue weighted by molar-refractivity contribution is 0.371. The highest BCUT2D eigenvalue weighted by atomic mass is 32.2. The first-order valence-electron chi connectivity index (χ1n) is 9.53. The van der Waals surface area contributed by atoms with E-state index < -0.39 is 26.1 Å². The molecule has 0 unspecified atom stereocenters. The minimum atomic E-state index is -3.56. The van der Waals surface area contributed by atoms with Crippen LogP contribution in [0.3, 0.4) is 0 Å². The monoisotopic (exact) mass is 451 g/mol. The zero-order chi connectivity index (χ0) is 21.9. The maximum absolute atomic E-state index is 12.6. The molecule has 0 radical (unpaired) electrons. The van der Waals surface area contributed by atoms with E-state index in [0.29, 0.717) is 23.6 Å². The van der Waals surface area contributed by atoms with E-state index in [-0.39, 0.29) is 11.5 Å². The molecule has 1 aliphatic rings. The number of benzene rings is 2. The van der Waals surface area contributed by atoms with E-state index >= 15 is 0 Å². The van der Waals surface area contributed by atoms with Crippen LogP contribution in [0.25, 0.3) is 0 Å². The molecule has 0 bridgehead atoms. The van der Waals surface area contributed by atoms with Gasteiger partial charge in [-0.3, -0.25) is 4.72 Å². The molecule has 1 atom stereocenters. The van der Waals surface area contributed by atoms with E-state index in [1.165, 1.54) is 4.41 Å². The van der Waals surface area contributed by atoms with Crippen molar-refractivity contribution in [3.05, 3.63) is 59.7 Å². The third kappa shape index (κ3) is 4.76. The number of hydrogen-bond acceptors (Lipinski definition) is 6. The molecule has 2 aromatic carbocycles. The molecule has 0 saturated carbocycles. The fourth-order valence-electron chi connectivity index (χ4n) is 3.11. The van der Waals surface area contributed by atoms with Crippen LogP contribution in [0.1, 0.15) is 37.4 Å². The van der Waals surface area contributed by atoms with Crippen molar-refractivity contribution >= 4 is 31.4 Å². The second kappa shape index (κ2) is 8.65. The zero-order valence-corrected chi connectivity index (χ0v) is 18.7. The van der Waals surface area contributed by atoms with E-state index in [1.54, 1.807) is 57.4 Å². The Labute approximate surface area is 177 Å². The van der Waals surface area contributed by atoms with Crippen molar-refractivity contribution in [3.8, 4) is 5.75 Å². The summed E-state index contributed by atoms with van der Waals surface area (Å²) in [6.45, 7) is 3.15. The lowest BCUT2D eigenvalue weighted by atomic mass is 9.99. The first-order valence-corrected chi connectivity index (χ1v) is 12.8. The molecular weight excluding hydrogens is 426 g/mol. The second-order valence-electron chi connectivity index (χ2n) is 6.80. The van der Waals surface area contributed by atoms with Crippen molar-refractivity contribution in [2.75, 3.05) is 23.3 Å². The predicted molar refractivity (Wildman–Crippen MR) is 118 cm³/mol. The van der Waals surface area contributed by atoms with Gasteiger partial charge in [0.2, 0.25) is 20.0 Å². The summed E-state index contributed by atoms with van der Waals surface area (Å²) in [6, 6.07) is 13.6. The number of rotatable bonds is 8. The Morgan fingerprint density at radius 2 is 1.63 bits per heavy atom. The lowest BCUT2D eigenvalue weighted by Gasteiger charge is -2.22. The van der Waals surface area contributed by atoms with Gasteiger partial charge >= 0.3 is 0 Å². The first kappa shape index (κ1) is 22.1. The summed E-state index contributed by atoms with van der Waals surface area (Å²) in [6.07, 6.45) is 0.408. The van der Waals surface area contributed by atoms with Crippen molar-refractivity contribution in [1.29, 1.82) is 0 Å². The lowest BCUT2D eigenvalue weighted by Crippen LogP contribution is -2.28. The zero-order valence-electron chi connectivity index (χ0n) is 17.1. The van der Waals surface area contributed by atoms with Crippen molar-refractivity contribution in [2.24, 2.45) is 5.10 Å². The molecule has 0 aromatic heterocycles. The fourth-order valence-corrected chi connectivity index (χ4v) is 4.82. The number of hydrogen-bond donors (Lipinski definition) is 1. The maximum atomic E-state index is 12.6. The summed E-state index contributed by atoms with van der Waals surface area (Å²) in [7, 11) is -5.36. The van der Waals surface area contributed by atoms with Crippen LogP contribution >= 0.6 is 0 Å². The Balaban J connectivity index is 1.90. The largest absolute Gasteiger partial charge is 0.497 e. The van der Waals surface area contributed by atoms with Gasteiger partial charge in [0.1, 0.15) is 5.75 Å². The molecule has 30 heavy (non-hydrogen) atoms. The molecule has 0 aliphatic carbocycles. The molecule has 10 heteroatoms. The quantitative estimate of drug-likeness (QED) is 0.664. The Morgan fingerprint density at radius 3 is 2.17 bits per heavy atom. The Morgan fingerprint density at radius 1 is 1.00 bits per heavy atom.